The maximum Gasteiger partial charge on any atom is 0.180 e. The topological polar surface area (TPSA) is 29.1 Å². The van der Waals surface area contributed by atoms with Crippen molar-refractivity contribution in [1.29, 1.82) is 0 Å². The van der Waals surface area contributed by atoms with Crippen LogP contribution in [0, 0.1) is 11.8 Å². The van der Waals surface area contributed by atoms with Gasteiger partial charge in [-0.1, -0.05) is 30.3 Å². The van der Waals surface area contributed by atoms with Crippen LogP contribution in [-0.2, 0) is 0 Å². The third-order valence-electron chi connectivity index (χ3n) is 3.35. The number of benzene rings is 1. The molecule has 3 heteroatoms. The average Bonchev–Trinajstić information content (AvgIpc) is 2.91. The van der Waals surface area contributed by atoms with Crippen molar-refractivity contribution in [3.8, 4) is 0 Å². The molecule has 1 saturated heterocycles. The van der Waals surface area contributed by atoms with E-state index in [0.717, 1.165) is 18.0 Å². The Labute approximate surface area is 95.5 Å². The molecule has 1 heterocycles. The molecule has 3 atom stereocenters. The molecule has 1 aliphatic carbocycles. The summed E-state index contributed by atoms with van der Waals surface area (Å²) in [5, 5.41) is 3.30. The van der Waals surface area contributed by atoms with Gasteiger partial charge in [-0.05, 0) is 24.8 Å². The molecule has 2 fully saturated rings. The molecule has 80 valence electrons. The molecule has 0 aromatic heterocycles. The minimum Gasteiger partial charge on any atom is -0.307 e. The molecule has 15 heavy (non-hydrogen) atoms. The summed E-state index contributed by atoms with van der Waals surface area (Å²) < 4.78 is 0. The predicted molar refractivity (Wildman–Crippen MR) is 61.4 cm³/mol. The summed E-state index contributed by atoms with van der Waals surface area (Å²) in [6.07, 6.45) is 1.25. The van der Waals surface area contributed by atoms with Crippen molar-refractivity contribution in [2.75, 3.05) is 6.54 Å². The van der Waals surface area contributed by atoms with E-state index < -0.39 is 0 Å². The third-order valence-corrected chi connectivity index (χ3v) is 3.35. The molecular weight excluding hydrogens is 210 g/mol. The Kier molecular flexibility index (Phi) is 2.81. The largest absolute Gasteiger partial charge is 0.307 e. The number of hydrogen-bond donors (Lipinski definition) is 1. The highest BCUT2D eigenvalue weighted by Gasteiger charge is 2.50. The number of carbonyl (C=O) groups excluding carboxylic acids is 1. The van der Waals surface area contributed by atoms with Crippen molar-refractivity contribution in [3.05, 3.63) is 35.9 Å². The Morgan fingerprint density at radius 3 is 2.53 bits per heavy atom. The summed E-state index contributed by atoms with van der Waals surface area (Å²) >= 11 is 0. The van der Waals surface area contributed by atoms with Gasteiger partial charge in [-0.15, -0.1) is 12.4 Å². The minimum atomic E-state index is 0. The molecule has 0 radical (unpaired) electrons. The van der Waals surface area contributed by atoms with Gasteiger partial charge in [-0.3, -0.25) is 4.79 Å². The Balaban J connectivity index is 0.000000853. The summed E-state index contributed by atoms with van der Waals surface area (Å²) in [5.41, 5.74) is 0.845. The van der Waals surface area contributed by atoms with Gasteiger partial charge in [0.25, 0.3) is 0 Å². The number of piperidine rings is 1. The standard InChI is InChI=1S/C12H13NO.ClH/c14-12(8-4-2-1-3-5-8)11-10-6-9(10)7-13-11;/h1-5,9-11,13H,6-7H2;1H. The maximum atomic E-state index is 12.0. The molecule has 1 aliphatic heterocycles. The molecule has 1 N–H and O–H groups in total. The number of fused-ring (bicyclic) bond motifs is 1. The van der Waals surface area contributed by atoms with Crippen molar-refractivity contribution >= 4 is 18.2 Å². The molecule has 2 aliphatic rings. The summed E-state index contributed by atoms with van der Waals surface area (Å²) in [6, 6.07) is 9.69. The summed E-state index contributed by atoms with van der Waals surface area (Å²) in [4.78, 5) is 12.0. The first-order valence-corrected chi connectivity index (χ1v) is 5.19. The summed E-state index contributed by atoms with van der Waals surface area (Å²) in [5.74, 6) is 1.69. The first kappa shape index (κ1) is 10.7. The van der Waals surface area contributed by atoms with Crippen LogP contribution in [0.4, 0.5) is 0 Å². The smallest absolute Gasteiger partial charge is 0.180 e. The number of rotatable bonds is 2. The Hall–Kier alpha value is -0.860. The number of carbonyl (C=O) groups is 1. The van der Waals surface area contributed by atoms with E-state index in [-0.39, 0.29) is 24.2 Å². The van der Waals surface area contributed by atoms with E-state index in [9.17, 15) is 4.79 Å². The lowest BCUT2D eigenvalue weighted by atomic mass is 10.0. The first-order chi connectivity index (χ1) is 6.86. The van der Waals surface area contributed by atoms with Gasteiger partial charge in [-0.25, -0.2) is 0 Å². The van der Waals surface area contributed by atoms with Crippen molar-refractivity contribution in [2.45, 2.75) is 12.5 Å². The highest BCUT2D eigenvalue weighted by atomic mass is 35.5. The molecular formula is C12H14ClNO. The molecule has 3 rings (SSSR count). The number of ketones is 1. The third kappa shape index (κ3) is 1.80. The lowest BCUT2D eigenvalue weighted by Gasteiger charge is -2.11. The van der Waals surface area contributed by atoms with Crippen molar-refractivity contribution in [2.24, 2.45) is 11.8 Å². The zero-order valence-corrected chi connectivity index (χ0v) is 9.17. The maximum absolute atomic E-state index is 12.0. The van der Waals surface area contributed by atoms with Crippen molar-refractivity contribution in [3.63, 3.8) is 0 Å². The fraction of sp³-hybridized carbons (Fsp3) is 0.417. The van der Waals surface area contributed by atoms with E-state index in [1.54, 1.807) is 0 Å². The Morgan fingerprint density at radius 1 is 1.27 bits per heavy atom. The second kappa shape index (κ2) is 3.95. The quantitative estimate of drug-likeness (QED) is 0.776. The molecule has 0 spiro atoms. The van der Waals surface area contributed by atoms with Gasteiger partial charge in [0, 0.05) is 5.56 Å². The van der Waals surface area contributed by atoms with Crippen LogP contribution in [0.2, 0.25) is 0 Å². The number of Topliss-reactive ketones (excluding diaryl/α,β-unsaturated/α-hetero) is 1. The van der Waals surface area contributed by atoms with E-state index in [0.29, 0.717) is 5.92 Å². The summed E-state index contributed by atoms with van der Waals surface area (Å²) in [6.45, 7) is 1.04. The minimum absolute atomic E-state index is 0. The SMILES string of the molecule is Cl.O=C(c1ccccc1)C1NCC2CC21. The predicted octanol–water partition coefficient (Wildman–Crippen LogP) is 1.90. The highest BCUT2D eigenvalue weighted by Crippen LogP contribution is 2.45. The normalized spacial score (nSPS) is 31.6. The molecule has 0 bridgehead atoms. The van der Waals surface area contributed by atoms with Gasteiger partial charge in [0.1, 0.15) is 0 Å². The van der Waals surface area contributed by atoms with Crippen LogP contribution < -0.4 is 5.32 Å². The number of nitrogens with one attached hydrogen (secondary N) is 1. The summed E-state index contributed by atoms with van der Waals surface area (Å²) in [7, 11) is 0. The zero-order chi connectivity index (χ0) is 9.54. The molecule has 1 aromatic rings. The van der Waals surface area contributed by atoms with E-state index >= 15 is 0 Å². The highest BCUT2D eigenvalue weighted by molar-refractivity contribution is 6.00. The molecule has 1 aromatic carbocycles. The first-order valence-electron chi connectivity index (χ1n) is 5.19. The molecule has 3 unspecified atom stereocenters. The lowest BCUT2D eigenvalue weighted by Crippen LogP contribution is -2.34. The molecule has 0 amide bonds. The fourth-order valence-electron chi connectivity index (χ4n) is 2.41. The van der Waals surface area contributed by atoms with Crippen LogP contribution in [-0.4, -0.2) is 18.4 Å². The van der Waals surface area contributed by atoms with E-state index in [1.165, 1.54) is 6.42 Å². The Morgan fingerprint density at radius 2 is 2.00 bits per heavy atom. The van der Waals surface area contributed by atoms with Crippen LogP contribution in [0.3, 0.4) is 0 Å². The lowest BCUT2D eigenvalue weighted by molar-refractivity contribution is 0.0942. The Bertz CT molecular complexity index is 365. The molecule has 2 nitrogen and oxygen atoms in total. The second-order valence-corrected chi connectivity index (χ2v) is 4.28. The van der Waals surface area contributed by atoms with E-state index in [4.69, 9.17) is 0 Å². The molecule has 1 saturated carbocycles. The van der Waals surface area contributed by atoms with Gasteiger partial charge in [0.2, 0.25) is 0 Å². The number of hydrogen-bond acceptors (Lipinski definition) is 2. The van der Waals surface area contributed by atoms with Gasteiger partial charge in [0.05, 0.1) is 6.04 Å². The van der Waals surface area contributed by atoms with Crippen molar-refractivity contribution < 1.29 is 4.79 Å². The average molecular weight is 224 g/mol. The van der Waals surface area contributed by atoms with Gasteiger partial charge in [0.15, 0.2) is 5.78 Å². The van der Waals surface area contributed by atoms with Crippen LogP contribution >= 0.6 is 12.4 Å². The number of halogens is 1. The van der Waals surface area contributed by atoms with Gasteiger partial charge >= 0.3 is 0 Å². The second-order valence-electron chi connectivity index (χ2n) is 4.28. The van der Waals surface area contributed by atoms with E-state index in [2.05, 4.69) is 5.32 Å². The van der Waals surface area contributed by atoms with Crippen LogP contribution in [0.1, 0.15) is 16.8 Å². The van der Waals surface area contributed by atoms with Crippen LogP contribution in [0.15, 0.2) is 30.3 Å². The van der Waals surface area contributed by atoms with Crippen LogP contribution in [0.25, 0.3) is 0 Å². The van der Waals surface area contributed by atoms with E-state index in [1.807, 2.05) is 30.3 Å². The monoisotopic (exact) mass is 223 g/mol. The van der Waals surface area contributed by atoms with Gasteiger partial charge < -0.3 is 5.32 Å². The van der Waals surface area contributed by atoms with Crippen LogP contribution in [0.5, 0.6) is 0 Å². The zero-order valence-electron chi connectivity index (χ0n) is 8.35. The fourth-order valence-corrected chi connectivity index (χ4v) is 2.41. The van der Waals surface area contributed by atoms with Gasteiger partial charge in [-0.2, -0.15) is 0 Å². The van der Waals surface area contributed by atoms with Crippen molar-refractivity contribution in [1.82, 2.24) is 5.32 Å².